The zero-order chi connectivity index (χ0) is 12.0. The highest BCUT2D eigenvalue weighted by molar-refractivity contribution is 7.19. The van der Waals surface area contributed by atoms with Gasteiger partial charge in [0.05, 0.1) is 5.41 Å². The average Bonchev–Trinajstić information content (AvgIpc) is 2.54. The standard InChI is InChI=1S/C14H14O2S/c1-9-12(14(13(15)16)7-4-8-14)10-5-2-3-6-11(10)17-9/h2-3,5-6H,4,7-8H2,1H3,(H,15,16). The lowest BCUT2D eigenvalue weighted by molar-refractivity contribution is -0.147. The molecule has 88 valence electrons. The van der Waals surface area contributed by atoms with Gasteiger partial charge in [-0.15, -0.1) is 11.3 Å². The van der Waals surface area contributed by atoms with Crippen molar-refractivity contribution in [2.75, 3.05) is 0 Å². The van der Waals surface area contributed by atoms with E-state index in [2.05, 4.69) is 12.1 Å². The van der Waals surface area contributed by atoms with E-state index in [1.807, 2.05) is 19.1 Å². The van der Waals surface area contributed by atoms with Crippen LogP contribution < -0.4 is 0 Å². The molecule has 3 heteroatoms. The number of carboxylic acid groups (broad SMARTS) is 1. The fraction of sp³-hybridized carbons (Fsp3) is 0.357. The summed E-state index contributed by atoms with van der Waals surface area (Å²) in [5, 5.41) is 10.7. The van der Waals surface area contributed by atoms with Gasteiger partial charge in [0.2, 0.25) is 0 Å². The van der Waals surface area contributed by atoms with Gasteiger partial charge in [-0.25, -0.2) is 0 Å². The molecule has 1 heterocycles. The van der Waals surface area contributed by atoms with Gasteiger partial charge in [-0.2, -0.15) is 0 Å². The third-order valence-electron chi connectivity index (χ3n) is 3.87. The quantitative estimate of drug-likeness (QED) is 0.877. The Labute approximate surface area is 104 Å². The first kappa shape index (κ1) is 10.8. The fourth-order valence-corrected chi connectivity index (χ4v) is 4.03. The van der Waals surface area contributed by atoms with Crippen molar-refractivity contribution >= 4 is 27.4 Å². The monoisotopic (exact) mass is 246 g/mol. The second-order valence-corrected chi connectivity index (χ2v) is 6.03. The summed E-state index contributed by atoms with van der Waals surface area (Å²) >= 11 is 1.71. The van der Waals surface area contributed by atoms with E-state index < -0.39 is 11.4 Å². The summed E-state index contributed by atoms with van der Waals surface area (Å²) in [4.78, 5) is 12.8. The van der Waals surface area contributed by atoms with Gasteiger partial charge in [0.25, 0.3) is 0 Å². The van der Waals surface area contributed by atoms with Crippen molar-refractivity contribution in [2.24, 2.45) is 0 Å². The van der Waals surface area contributed by atoms with Crippen LogP contribution in [0.4, 0.5) is 0 Å². The number of carboxylic acids is 1. The average molecular weight is 246 g/mol. The van der Waals surface area contributed by atoms with Crippen LogP contribution in [0.2, 0.25) is 0 Å². The van der Waals surface area contributed by atoms with Crippen LogP contribution >= 0.6 is 11.3 Å². The van der Waals surface area contributed by atoms with Gasteiger partial charge >= 0.3 is 5.97 Å². The summed E-state index contributed by atoms with van der Waals surface area (Å²) in [6.07, 6.45) is 2.59. The number of benzene rings is 1. The van der Waals surface area contributed by atoms with Crippen molar-refractivity contribution in [3.05, 3.63) is 34.7 Å². The van der Waals surface area contributed by atoms with Gasteiger partial charge in [-0.05, 0) is 36.8 Å². The van der Waals surface area contributed by atoms with Crippen molar-refractivity contribution in [3.63, 3.8) is 0 Å². The summed E-state index contributed by atoms with van der Waals surface area (Å²) in [5.74, 6) is -0.657. The van der Waals surface area contributed by atoms with E-state index in [4.69, 9.17) is 0 Å². The number of fused-ring (bicyclic) bond motifs is 1. The van der Waals surface area contributed by atoms with Gasteiger partial charge in [-0.3, -0.25) is 4.79 Å². The molecule has 0 amide bonds. The van der Waals surface area contributed by atoms with Gasteiger partial charge in [0, 0.05) is 9.58 Å². The maximum Gasteiger partial charge on any atom is 0.314 e. The van der Waals surface area contributed by atoms with Crippen LogP contribution in [0, 0.1) is 6.92 Å². The summed E-state index contributed by atoms with van der Waals surface area (Å²) in [6.45, 7) is 2.04. The van der Waals surface area contributed by atoms with E-state index in [-0.39, 0.29) is 0 Å². The molecule has 1 fully saturated rings. The third-order valence-corrected chi connectivity index (χ3v) is 4.95. The Hall–Kier alpha value is -1.35. The lowest BCUT2D eigenvalue weighted by Gasteiger charge is -2.38. The number of hydrogen-bond donors (Lipinski definition) is 1. The first-order chi connectivity index (χ1) is 8.15. The number of thiophene rings is 1. The van der Waals surface area contributed by atoms with Crippen LogP contribution in [0.15, 0.2) is 24.3 Å². The maximum absolute atomic E-state index is 11.6. The number of rotatable bonds is 2. The number of hydrogen-bond acceptors (Lipinski definition) is 2. The largest absolute Gasteiger partial charge is 0.481 e. The highest BCUT2D eigenvalue weighted by atomic mass is 32.1. The second-order valence-electron chi connectivity index (χ2n) is 4.77. The molecule has 0 aliphatic heterocycles. The summed E-state index contributed by atoms with van der Waals surface area (Å²) in [6, 6.07) is 8.13. The molecule has 1 aliphatic carbocycles. The molecule has 0 unspecified atom stereocenters. The minimum absolute atomic E-state index is 0.607. The molecule has 1 saturated carbocycles. The molecule has 1 aromatic heterocycles. The van der Waals surface area contributed by atoms with Crippen molar-refractivity contribution < 1.29 is 9.90 Å². The van der Waals surface area contributed by atoms with E-state index in [1.165, 1.54) is 4.70 Å². The van der Waals surface area contributed by atoms with Gasteiger partial charge < -0.3 is 5.11 Å². The summed E-state index contributed by atoms with van der Waals surface area (Å²) < 4.78 is 1.20. The molecule has 17 heavy (non-hydrogen) atoms. The van der Waals surface area contributed by atoms with Crippen LogP contribution in [0.3, 0.4) is 0 Å². The molecule has 0 atom stereocenters. The number of carbonyl (C=O) groups is 1. The van der Waals surface area contributed by atoms with Gasteiger partial charge in [-0.1, -0.05) is 24.6 Å². The van der Waals surface area contributed by atoms with Crippen LogP contribution in [-0.4, -0.2) is 11.1 Å². The Kier molecular flexibility index (Phi) is 2.26. The number of aliphatic carboxylic acids is 1. The lowest BCUT2D eigenvalue weighted by Crippen LogP contribution is -2.42. The molecule has 2 aromatic rings. The Morgan fingerprint density at radius 3 is 2.65 bits per heavy atom. The molecular weight excluding hydrogens is 232 g/mol. The summed E-state index contributed by atoms with van der Waals surface area (Å²) in [7, 11) is 0. The Morgan fingerprint density at radius 1 is 1.35 bits per heavy atom. The van der Waals surface area contributed by atoms with Crippen molar-refractivity contribution in [3.8, 4) is 0 Å². The van der Waals surface area contributed by atoms with Crippen molar-refractivity contribution in [2.45, 2.75) is 31.6 Å². The molecule has 0 radical (unpaired) electrons. The molecule has 3 rings (SSSR count). The zero-order valence-electron chi connectivity index (χ0n) is 9.69. The zero-order valence-corrected chi connectivity index (χ0v) is 10.5. The first-order valence-corrected chi connectivity index (χ1v) is 6.69. The maximum atomic E-state index is 11.6. The minimum atomic E-state index is -0.657. The van der Waals surface area contributed by atoms with Crippen LogP contribution in [0.5, 0.6) is 0 Å². The Balaban J connectivity index is 2.29. The molecule has 2 nitrogen and oxygen atoms in total. The van der Waals surface area contributed by atoms with E-state index in [0.29, 0.717) is 0 Å². The second kappa shape index (κ2) is 3.57. The van der Waals surface area contributed by atoms with E-state index in [0.717, 1.165) is 35.1 Å². The normalized spacial score (nSPS) is 17.9. The van der Waals surface area contributed by atoms with E-state index in [9.17, 15) is 9.90 Å². The van der Waals surface area contributed by atoms with Gasteiger partial charge in [0.15, 0.2) is 0 Å². The van der Waals surface area contributed by atoms with Crippen LogP contribution in [-0.2, 0) is 10.2 Å². The predicted molar refractivity (Wildman–Crippen MR) is 69.7 cm³/mol. The van der Waals surface area contributed by atoms with Crippen LogP contribution in [0.25, 0.3) is 10.1 Å². The molecule has 0 bridgehead atoms. The highest BCUT2D eigenvalue weighted by Gasteiger charge is 2.48. The predicted octanol–water partition coefficient (Wildman–Crippen LogP) is 3.72. The Bertz CT molecular complexity index is 593. The van der Waals surface area contributed by atoms with Gasteiger partial charge in [0.1, 0.15) is 0 Å². The lowest BCUT2D eigenvalue weighted by atomic mass is 9.64. The molecule has 1 aliphatic rings. The van der Waals surface area contributed by atoms with Crippen molar-refractivity contribution in [1.29, 1.82) is 0 Å². The Morgan fingerprint density at radius 2 is 2.06 bits per heavy atom. The molecule has 0 spiro atoms. The fourth-order valence-electron chi connectivity index (χ4n) is 2.86. The third kappa shape index (κ3) is 1.35. The molecular formula is C14H14O2S. The smallest absolute Gasteiger partial charge is 0.314 e. The highest BCUT2D eigenvalue weighted by Crippen LogP contribution is 2.49. The van der Waals surface area contributed by atoms with E-state index in [1.54, 1.807) is 11.3 Å². The summed E-state index contributed by atoms with van der Waals surface area (Å²) in [5.41, 5.74) is 0.459. The van der Waals surface area contributed by atoms with Crippen molar-refractivity contribution in [1.82, 2.24) is 0 Å². The minimum Gasteiger partial charge on any atom is -0.481 e. The SMILES string of the molecule is Cc1sc2ccccc2c1C1(C(=O)O)CCC1. The molecule has 1 N–H and O–H groups in total. The molecule has 0 saturated heterocycles. The van der Waals surface area contributed by atoms with Crippen LogP contribution in [0.1, 0.15) is 29.7 Å². The van der Waals surface area contributed by atoms with E-state index >= 15 is 0 Å². The molecule has 1 aromatic carbocycles. The number of aryl methyl sites for hydroxylation is 1. The first-order valence-electron chi connectivity index (χ1n) is 5.87. The topological polar surface area (TPSA) is 37.3 Å².